The molecular weight excluding hydrogens is 331 g/mol. The van der Waals surface area contributed by atoms with Gasteiger partial charge in [0.1, 0.15) is 0 Å². The molecule has 128 valence electrons. The molecule has 3 rings (SSSR count). The van der Waals surface area contributed by atoms with E-state index in [-0.39, 0.29) is 17.5 Å². The maximum absolute atomic E-state index is 13.7. The lowest BCUT2D eigenvalue weighted by Crippen LogP contribution is -2.04. The van der Waals surface area contributed by atoms with Gasteiger partial charge in [0.15, 0.2) is 23.3 Å². The van der Waals surface area contributed by atoms with E-state index < -0.39 is 17.5 Å². The van der Waals surface area contributed by atoms with E-state index in [0.717, 1.165) is 28.9 Å². The molecule has 0 spiro atoms. The van der Waals surface area contributed by atoms with Gasteiger partial charge in [-0.3, -0.25) is 0 Å². The number of nitrogens with one attached hydrogen (secondary N) is 2. The Morgan fingerprint density at radius 3 is 2.32 bits per heavy atom. The maximum Gasteiger partial charge on any atom is 0.249 e. The molecule has 1 aromatic heterocycles. The van der Waals surface area contributed by atoms with Gasteiger partial charge >= 0.3 is 0 Å². The van der Waals surface area contributed by atoms with Crippen molar-refractivity contribution in [3.8, 4) is 0 Å². The predicted octanol–water partition coefficient (Wildman–Crippen LogP) is 4.39. The first kappa shape index (κ1) is 16.7. The molecule has 8 heteroatoms. The van der Waals surface area contributed by atoms with Gasteiger partial charge in [-0.25, -0.2) is 13.2 Å². The van der Waals surface area contributed by atoms with Gasteiger partial charge in [0.2, 0.25) is 5.95 Å². The van der Waals surface area contributed by atoms with Crippen LogP contribution >= 0.6 is 0 Å². The number of halogens is 3. The van der Waals surface area contributed by atoms with Crippen LogP contribution in [0.25, 0.3) is 0 Å². The highest BCUT2D eigenvalue weighted by Crippen LogP contribution is 2.23. The normalized spacial score (nSPS) is 10.6. The third-order valence-electron chi connectivity index (χ3n) is 3.33. The Morgan fingerprint density at radius 1 is 0.880 bits per heavy atom. The van der Waals surface area contributed by atoms with Gasteiger partial charge in [0, 0.05) is 5.69 Å². The van der Waals surface area contributed by atoms with Crippen molar-refractivity contribution < 1.29 is 13.2 Å². The lowest BCUT2D eigenvalue weighted by atomic mass is 10.1. The Kier molecular flexibility index (Phi) is 4.51. The zero-order chi connectivity index (χ0) is 18.0. The monoisotopic (exact) mass is 345 g/mol. The molecule has 0 radical (unpaired) electrons. The Hall–Kier alpha value is -3.16. The Balaban J connectivity index is 1.83. The van der Waals surface area contributed by atoms with Crippen molar-refractivity contribution in [1.82, 2.24) is 15.2 Å². The molecule has 0 amide bonds. The molecule has 3 aromatic rings. The minimum absolute atomic E-state index is 0.131. The zero-order valence-corrected chi connectivity index (χ0v) is 13.4. The smallest absolute Gasteiger partial charge is 0.249 e. The fraction of sp³-hybridized carbons (Fsp3) is 0.118. The van der Waals surface area contributed by atoms with E-state index in [9.17, 15) is 13.2 Å². The van der Waals surface area contributed by atoms with Crippen LogP contribution in [0.4, 0.5) is 36.3 Å². The minimum atomic E-state index is -1.56. The average Bonchev–Trinajstić information content (AvgIpc) is 2.55. The van der Waals surface area contributed by atoms with Crippen LogP contribution in [0.15, 0.2) is 36.5 Å². The van der Waals surface area contributed by atoms with Crippen molar-refractivity contribution in [1.29, 1.82) is 0 Å². The van der Waals surface area contributed by atoms with Gasteiger partial charge in [0.05, 0.1) is 11.9 Å². The summed E-state index contributed by atoms with van der Waals surface area (Å²) < 4.78 is 40.0. The molecule has 0 bridgehead atoms. The van der Waals surface area contributed by atoms with Crippen molar-refractivity contribution in [2.24, 2.45) is 0 Å². The first-order valence-corrected chi connectivity index (χ1v) is 7.38. The van der Waals surface area contributed by atoms with Crippen molar-refractivity contribution in [3.05, 3.63) is 65.1 Å². The minimum Gasteiger partial charge on any atom is -0.336 e. The molecule has 5 nitrogen and oxygen atoms in total. The summed E-state index contributed by atoms with van der Waals surface area (Å²) in [5, 5.41) is 13.2. The number of nitrogens with zero attached hydrogens (tertiary/aromatic N) is 3. The van der Waals surface area contributed by atoms with Crippen LogP contribution in [-0.2, 0) is 0 Å². The van der Waals surface area contributed by atoms with E-state index in [1.54, 1.807) is 0 Å². The van der Waals surface area contributed by atoms with Crippen LogP contribution in [0.3, 0.4) is 0 Å². The summed E-state index contributed by atoms with van der Waals surface area (Å²) in [5.74, 6) is -3.84. The molecule has 2 aromatic carbocycles. The SMILES string of the molecule is Cc1cc(C)cc(Nc2nncc(Nc3ccc(F)c(F)c3F)n2)c1. The lowest BCUT2D eigenvalue weighted by molar-refractivity contribution is 0.449. The van der Waals surface area contributed by atoms with Crippen LogP contribution in [0.2, 0.25) is 0 Å². The summed E-state index contributed by atoms with van der Waals surface area (Å²) in [6.07, 6.45) is 1.24. The summed E-state index contributed by atoms with van der Waals surface area (Å²) >= 11 is 0. The van der Waals surface area contributed by atoms with Crippen molar-refractivity contribution in [2.75, 3.05) is 10.6 Å². The van der Waals surface area contributed by atoms with E-state index in [1.807, 2.05) is 32.0 Å². The third-order valence-corrected chi connectivity index (χ3v) is 3.33. The van der Waals surface area contributed by atoms with Crippen LogP contribution in [0, 0.1) is 31.3 Å². The van der Waals surface area contributed by atoms with Crippen molar-refractivity contribution in [2.45, 2.75) is 13.8 Å². The predicted molar refractivity (Wildman–Crippen MR) is 88.6 cm³/mol. The second-order valence-electron chi connectivity index (χ2n) is 5.51. The summed E-state index contributed by atoms with van der Waals surface area (Å²) in [6, 6.07) is 7.74. The molecule has 0 aliphatic rings. The van der Waals surface area contributed by atoms with E-state index in [4.69, 9.17) is 0 Å². The zero-order valence-electron chi connectivity index (χ0n) is 13.4. The number of hydrogen-bond acceptors (Lipinski definition) is 5. The van der Waals surface area contributed by atoms with Crippen molar-refractivity contribution in [3.63, 3.8) is 0 Å². The lowest BCUT2D eigenvalue weighted by Gasteiger charge is -2.10. The Morgan fingerprint density at radius 2 is 1.60 bits per heavy atom. The van der Waals surface area contributed by atoms with Gasteiger partial charge < -0.3 is 10.6 Å². The first-order chi connectivity index (χ1) is 11.9. The van der Waals surface area contributed by atoms with E-state index in [0.29, 0.717) is 0 Å². The molecule has 1 heterocycles. The number of anilines is 4. The fourth-order valence-corrected chi connectivity index (χ4v) is 2.35. The number of aromatic nitrogens is 3. The molecule has 2 N–H and O–H groups in total. The van der Waals surface area contributed by atoms with Gasteiger partial charge in [-0.1, -0.05) is 6.07 Å². The van der Waals surface area contributed by atoms with Crippen LogP contribution < -0.4 is 10.6 Å². The fourth-order valence-electron chi connectivity index (χ4n) is 2.35. The number of aryl methyl sites for hydroxylation is 2. The molecule has 0 saturated carbocycles. The van der Waals surface area contributed by atoms with Crippen LogP contribution in [-0.4, -0.2) is 15.2 Å². The van der Waals surface area contributed by atoms with Crippen LogP contribution in [0.5, 0.6) is 0 Å². The highest BCUT2D eigenvalue weighted by molar-refractivity contribution is 5.60. The molecule has 0 saturated heterocycles. The van der Waals surface area contributed by atoms with E-state index in [2.05, 4.69) is 25.8 Å². The van der Waals surface area contributed by atoms with E-state index in [1.165, 1.54) is 6.20 Å². The Bertz CT molecular complexity index is 910. The van der Waals surface area contributed by atoms with Gasteiger partial charge in [-0.15, -0.1) is 5.10 Å². The molecule has 0 atom stereocenters. The van der Waals surface area contributed by atoms with E-state index >= 15 is 0 Å². The third kappa shape index (κ3) is 3.85. The highest BCUT2D eigenvalue weighted by atomic mass is 19.2. The largest absolute Gasteiger partial charge is 0.336 e. The molecule has 25 heavy (non-hydrogen) atoms. The molecule has 0 unspecified atom stereocenters. The first-order valence-electron chi connectivity index (χ1n) is 7.38. The summed E-state index contributed by atoms with van der Waals surface area (Å²) in [4.78, 5) is 4.14. The van der Waals surface area contributed by atoms with Gasteiger partial charge in [-0.2, -0.15) is 10.1 Å². The Labute approximate surface area is 141 Å². The molecule has 0 fully saturated rings. The highest BCUT2D eigenvalue weighted by Gasteiger charge is 2.14. The van der Waals surface area contributed by atoms with Crippen molar-refractivity contribution >= 4 is 23.1 Å². The maximum atomic E-state index is 13.7. The average molecular weight is 345 g/mol. The molecule has 0 aliphatic carbocycles. The standard InChI is InChI=1S/C17H14F3N5/c1-9-5-10(2)7-11(6-9)22-17-24-14(8-21-25-17)23-13-4-3-12(18)15(19)16(13)20/h3-8H,1-2H3,(H2,22,23,24,25). The van der Waals surface area contributed by atoms with Gasteiger partial charge in [0.25, 0.3) is 0 Å². The number of hydrogen-bond donors (Lipinski definition) is 2. The topological polar surface area (TPSA) is 62.7 Å². The second kappa shape index (κ2) is 6.76. The molecule has 0 aliphatic heterocycles. The summed E-state index contributed by atoms with van der Waals surface area (Å²) in [5.41, 5.74) is 2.65. The number of rotatable bonds is 4. The van der Waals surface area contributed by atoms with Gasteiger partial charge in [-0.05, 0) is 49.2 Å². The van der Waals surface area contributed by atoms with Crippen LogP contribution in [0.1, 0.15) is 11.1 Å². The second-order valence-corrected chi connectivity index (χ2v) is 5.51. The summed E-state index contributed by atoms with van der Waals surface area (Å²) in [6.45, 7) is 3.92. The summed E-state index contributed by atoms with van der Waals surface area (Å²) in [7, 11) is 0. The number of benzene rings is 2. The molecular formula is C17H14F3N5. The quantitative estimate of drug-likeness (QED) is 0.687.